The Kier molecular flexibility index (Phi) is 4.96. The van der Waals surface area contributed by atoms with E-state index in [1.54, 1.807) is 0 Å². The van der Waals surface area contributed by atoms with Gasteiger partial charge in [-0.05, 0) is 24.5 Å². The first-order chi connectivity index (χ1) is 7.29. The molecule has 0 aromatic heterocycles. The summed E-state index contributed by atoms with van der Waals surface area (Å²) >= 11 is 0. The largest absolute Gasteiger partial charge is 0.512 e. The molecule has 0 saturated carbocycles. The van der Waals surface area contributed by atoms with E-state index in [1.165, 1.54) is 5.56 Å². The van der Waals surface area contributed by atoms with Gasteiger partial charge >= 0.3 is 0 Å². The number of aliphatic hydroxyl groups excluding tert-OH is 1. The Bertz CT molecular complexity index is 300. The van der Waals surface area contributed by atoms with Crippen LogP contribution in [0.5, 0.6) is 0 Å². The fourth-order valence-electron chi connectivity index (χ4n) is 1.81. The van der Waals surface area contributed by atoms with Crippen LogP contribution in [-0.4, -0.2) is 5.11 Å². The minimum Gasteiger partial charge on any atom is -0.512 e. The van der Waals surface area contributed by atoms with Gasteiger partial charge in [0, 0.05) is 5.92 Å². The van der Waals surface area contributed by atoms with Crippen molar-refractivity contribution in [2.45, 2.75) is 39.0 Å². The van der Waals surface area contributed by atoms with Crippen molar-refractivity contribution in [3.63, 3.8) is 0 Å². The molecule has 0 bridgehead atoms. The molecule has 0 heterocycles. The first-order valence-corrected chi connectivity index (χ1v) is 5.73. The molecule has 0 fully saturated rings. The zero-order chi connectivity index (χ0) is 11.1. The highest BCUT2D eigenvalue weighted by atomic mass is 16.3. The van der Waals surface area contributed by atoms with Crippen LogP contribution in [-0.2, 0) is 0 Å². The third kappa shape index (κ3) is 3.43. The predicted octanol–water partition coefficient (Wildman–Crippen LogP) is 4.42. The quantitative estimate of drug-likeness (QED) is 0.704. The molecule has 0 saturated heterocycles. The van der Waals surface area contributed by atoms with Crippen LogP contribution in [0.15, 0.2) is 42.2 Å². The van der Waals surface area contributed by atoms with Gasteiger partial charge in [-0.15, -0.1) is 0 Å². The van der Waals surface area contributed by atoms with Gasteiger partial charge in [0.15, 0.2) is 0 Å². The Morgan fingerprint density at radius 2 is 1.93 bits per heavy atom. The topological polar surface area (TPSA) is 20.2 Å². The zero-order valence-electron chi connectivity index (χ0n) is 9.61. The molecular weight excluding hydrogens is 184 g/mol. The minimum absolute atomic E-state index is 0.177. The van der Waals surface area contributed by atoms with Gasteiger partial charge < -0.3 is 5.11 Å². The van der Waals surface area contributed by atoms with Gasteiger partial charge in [-0.25, -0.2) is 0 Å². The average Bonchev–Trinajstić information content (AvgIpc) is 2.27. The summed E-state index contributed by atoms with van der Waals surface area (Å²) in [6.45, 7) is 4.19. The third-order valence-corrected chi connectivity index (χ3v) is 2.55. The molecule has 15 heavy (non-hydrogen) atoms. The van der Waals surface area contributed by atoms with E-state index in [0.29, 0.717) is 5.76 Å². The van der Waals surface area contributed by atoms with Crippen molar-refractivity contribution in [3.05, 3.63) is 47.7 Å². The number of allylic oxidation sites excluding steroid dienone is 2. The fourth-order valence-corrected chi connectivity index (χ4v) is 1.81. The van der Waals surface area contributed by atoms with Gasteiger partial charge in [0.05, 0.1) is 5.76 Å². The van der Waals surface area contributed by atoms with Crippen LogP contribution in [0.2, 0.25) is 0 Å². The highest BCUT2D eigenvalue weighted by molar-refractivity contribution is 5.25. The lowest BCUT2D eigenvalue weighted by atomic mass is 9.92. The normalized spacial score (nSPS) is 13.9. The van der Waals surface area contributed by atoms with E-state index in [4.69, 9.17) is 0 Å². The molecule has 0 amide bonds. The number of hydrogen-bond acceptors (Lipinski definition) is 1. The molecule has 0 spiro atoms. The summed E-state index contributed by atoms with van der Waals surface area (Å²) in [4.78, 5) is 0. The highest BCUT2D eigenvalue weighted by Crippen LogP contribution is 2.27. The maximum atomic E-state index is 9.95. The van der Waals surface area contributed by atoms with Gasteiger partial charge in [-0.3, -0.25) is 0 Å². The first kappa shape index (κ1) is 11.8. The van der Waals surface area contributed by atoms with Gasteiger partial charge in [-0.1, -0.05) is 50.6 Å². The maximum absolute atomic E-state index is 9.95. The van der Waals surface area contributed by atoms with Crippen LogP contribution >= 0.6 is 0 Å². The molecule has 1 rings (SSSR count). The van der Waals surface area contributed by atoms with Crippen LogP contribution in [0.3, 0.4) is 0 Å². The summed E-state index contributed by atoms with van der Waals surface area (Å²) in [6, 6.07) is 10.2. The van der Waals surface area contributed by atoms with E-state index in [-0.39, 0.29) is 5.92 Å². The van der Waals surface area contributed by atoms with E-state index in [9.17, 15) is 5.11 Å². The molecule has 1 atom stereocenters. The number of hydrogen-bond donors (Lipinski definition) is 1. The summed E-state index contributed by atoms with van der Waals surface area (Å²) in [5.74, 6) is 0.696. The van der Waals surface area contributed by atoms with E-state index in [0.717, 1.165) is 19.3 Å². The van der Waals surface area contributed by atoms with Crippen molar-refractivity contribution >= 4 is 0 Å². The second-order valence-electron chi connectivity index (χ2n) is 3.79. The smallest absolute Gasteiger partial charge is 0.0957 e. The van der Waals surface area contributed by atoms with Crippen LogP contribution in [0, 0.1) is 0 Å². The molecule has 1 nitrogen and oxygen atoms in total. The SMILES string of the molecule is CC/C=C(\O)C(CCC)c1ccccc1. The lowest BCUT2D eigenvalue weighted by molar-refractivity contribution is 0.356. The van der Waals surface area contributed by atoms with Gasteiger partial charge in [0.1, 0.15) is 0 Å². The Balaban J connectivity index is 2.88. The van der Waals surface area contributed by atoms with Crippen LogP contribution < -0.4 is 0 Å². The van der Waals surface area contributed by atoms with Gasteiger partial charge in [0.25, 0.3) is 0 Å². The highest BCUT2D eigenvalue weighted by Gasteiger charge is 2.13. The Hall–Kier alpha value is -1.24. The number of benzene rings is 1. The lowest BCUT2D eigenvalue weighted by Crippen LogP contribution is -2.02. The standard InChI is InChI=1S/C14H20O/c1-3-8-13(14(15)9-4-2)12-10-6-5-7-11-12/h5-7,9-11,13,15H,3-4,8H2,1-2H3/b14-9-. The van der Waals surface area contributed by atoms with Gasteiger partial charge in [0.2, 0.25) is 0 Å². The van der Waals surface area contributed by atoms with Crippen molar-refractivity contribution in [1.82, 2.24) is 0 Å². The average molecular weight is 204 g/mol. The Morgan fingerprint density at radius 3 is 2.47 bits per heavy atom. The van der Waals surface area contributed by atoms with Crippen molar-refractivity contribution in [1.29, 1.82) is 0 Å². The third-order valence-electron chi connectivity index (χ3n) is 2.55. The molecule has 0 aliphatic rings. The molecule has 0 aliphatic carbocycles. The minimum atomic E-state index is 0.177. The monoisotopic (exact) mass is 204 g/mol. The van der Waals surface area contributed by atoms with E-state index in [1.807, 2.05) is 31.2 Å². The first-order valence-electron chi connectivity index (χ1n) is 5.73. The lowest BCUT2D eigenvalue weighted by Gasteiger charge is -2.15. The molecular formula is C14H20O. The van der Waals surface area contributed by atoms with Gasteiger partial charge in [-0.2, -0.15) is 0 Å². The number of aliphatic hydroxyl groups is 1. The maximum Gasteiger partial charge on any atom is 0.0957 e. The molecule has 1 aromatic carbocycles. The molecule has 1 N–H and O–H groups in total. The Labute approximate surface area is 92.5 Å². The van der Waals surface area contributed by atoms with Crippen LogP contribution in [0.1, 0.15) is 44.6 Å². The molecule has 0 radical (unpaired) electrons. The van der Waals surface area contributed by atoms with E-state index in [2.05, 4.69) is 19.1 Å². The summed E-state index contributed by atoms with van der Waals surface area (Å²) in [5.41, 5.74) is 1.21. The van der Waals surface area contributed by atoms with Crippen molar-refractivity contribution < 1.29 is 5.11 Å². The van der Waals surface area contributed by atoms with Crippen molar-refractivity contribution in [2.75, 3.05) is 0 Å². The molecule has 82 valence electrons. The van der Waals surface area contributed by atoms with E-state index >= 15 is 0 Å². The molecule has 1 heteroatoms. The summed E-state index contributed by atoms with van der Waals surface area (Å²) in [5, 5.41) is 9.95. The van der Waals surface area contributed by atoms with Crippen molar-refractivity contribution in [2.24, 2.45) is 0 Å². The summed E-state index contributed by atoms with van der Waals surface area (Å²) < 4.78 is 0. The second kappa shape index (κ2) is 6.28. The van der Waals surface area contributed by atoms with E-state index < -0.39 is 0 Å². The molecule has 0 aliphatic heterocycles. The zero-order valence-corrected chi connectivity index (χ0v) is 9.61. The van der Waals surface area contributed by atoms with Crippen LogP contribution in [0.4, 0.5) is 0 Å². The number of rotatable bonds is 5. The molecule has 1 unspecified atom stereocenters. The predicted molar refractivity (Wildman–Crippen MR) is 65.1 cm³/mol. The summed E-state index contributed by atoms with van der Waals surface area (Å²) in [6.07, 6.45) is 4.89. The second-order valence-corrected chi connectivity index (χ2v) is 3.79. The molecule has 1 aromatic rings. The summed E-state index contributed by atoms with van der Waals surface area (Å²) in [7, 11) is 0. The van der Waals surface area contributed by atoms with Crippen LogP contribution in [0.25, 0.3) is 0 Å². The fraction of sp³-hybridized carbons (Fsp3) is 0.429. The Morgan fingerprint density at radius 1 is 1.27 bits per heavy atom. The van der Waals surface area contributed by atoms with Crippen molar-refractivity contribution in [3.8, 4) is 0 Å².